The second-order valence-corrected chi connectivity index (χ2v) is 5.20. The van der Waals surface area contributed by atoms with Crippen LogP contribution in [-0.2, 0) is 4.74 Å². The Morgan fingerprint density at radius 1 is 1.44 bits per heavy atom. The van der Waals surface area contributed by atoms with Crippen LogP contribution in [0.5, 0.6) is 0 Å². The third kappa shape index (κ3) is 2.72. The van der Waals surface area contributed by atoms with E-state index >= 15 is 0 Å². The Balaban J connectivity index is 2.11. The maximum absolute atomic E-state index is 11.7. The van der Waals surface area contributed by atoms with E-state index in [2.05, 4.69) is 10.3 Å². The Kier molecular flexibility index (Phi) is 3.15. The summed E-state index contributed by atoms with van der Waals surface area (Å²) in [7, 11) is 5.87. The quantitative estimate of drug-likeness (QED) is 0.661. The molecule has 92 valence electrons. The van der Waals surface area contributed by atoms with Gasteiger partial charge in [0.15, 0.2) is 0 Å². The summed E-state index contributed by atoms with van der Waals surface area (Å²) < 4.78 is 5.19. The fraction of sp³-hybridized carbons (Fsp3) is 0.385. The van der Waals surface area contributed by atoms with Crippen LogP contribution in [0.2, 0.25) is 0 Å². The summed E-state index contributed by atoms with van der Waals surface area (Å²) in [6, 6.07) is 0. The lowest BCUT2D eigenvalue weighted by atomic mass is 9.88. The zero-order valence-corrected chi connectivity index (χ0v) is 10.7. The first kappa shape index (κ1) is 12.7. The smallest absolute Gasteiger partial charge is 0.413 e. The van der Waals surface area contributed by atoms with Crippen molar-refractivity contribution in [2.75, 3.05) is 0 Å². The molecule has 1 N–H and O–H groups in total. The Labute approximate surface area is 108 Å². The number of carbonyl (C=O) groups is 1. The van der Waals surface area contributed by atoms with Crippen LogP contribution in [0.15, 0.2) is 40.5 Å². The molecule has 1 heterocycles. The zero-order valence-electron chi connectivity index (χ0n) is 10.7. The number of rotatable bonds is 0. The highest BCUT2D eigenvalue weighted by Gasteiger charge is 2.25. The van der Waals surface area contributed by atoms with Crippen LogP contribution in [0.1, 0.15) is 20.8 Å². The van der Waals surface area contributed by atoms with Gasteiger partial charge < -0.3 is 4.74 Å². The second kappa shape index (κ2) is 4.48. The average molecular weight is 242 g/mol. The number of allylic oxidation sites excluding steroid dienone is 4. The molecular formula is C13H15BN2O2. The molecule has 1 aliphatic carbocycles. The molecule has 1 aliphatic heterocycles. The molecule has 0 saturated carbocycles. The van der Waals surface area contributed by atoms with Crippen molar-refractivity contribution >= 4 is 19.8 Å². The van der Waals surface area contributed by atoms with Gasteiger partial charge in [0.25, 0.3) is 0 Å². The monoisotopic (exact) mass is 242 g/mol. The first-order valence-corrected chi connectivity index (χ1v) is 5.79. The summed E-state index contributed by atoms with van der Waals surface area (Å²) in [5.74, 6) is 0.548. The van der Waals surface area contributed by atoms with E-state index < -0.39 is 11.7 Å². The van der Waals surface area contributed by atoms with Gasteiger partial charge in [-0.3, -0.25) is 5.32 Å². The van der Waals surface area contributed by atoms with Crippen LogP contribution in [0, 0.1) is 5.92 Å². The highest BCUT2D eigenvalue weighted by atomic mass is 16.6. The number of ether oxygens (including phenoxy) is 1. The van der Waals surface area contributed by atoms with Crippen molar-refractivity contribution in [1.82, 2.24) is 5.32 Å². The summed E-state index contributed by atoms with van der Waals surface area (Å²) in [6.07, 6.45) is 6.84. The first-order valence-electron chi connectivity index (χ1n) is 5.79. The van der Waals surface area contributed by atoms with Gasteiger partial charge in [-0.2, -0.15) is 0 Å². The van der Waals surface area contributed by atoms with Crippen molar-refractivity contribution < 1.29 is 9.53 Å². The molecule has 5 heteroatoms. The molecule has 1 amide bonds. The van der Waals surface area contributed by atoms with Crippen LogP contribution < -0.4 is 5.32 Å². The fourth-order valence-corrected chi connectivity index (χ4v) is 1.82. The molecule has 0 aromatic heterocycles. The number of carbonyl (C=O) groups excluding carboxylic acids is 1. The highest BCUT2D eigenvalue weighted by Crippen LogP contribution is 2.28. The Morgan fingerprint density at radius 3 is 2.83 bits per heavy atom. The van der Waals surface area contributed by atoms with E-state index in [0.29, 0.717) is 11.3 Å². The normalized spacial score (nSPS) is 21.7. The average Bonchev–Trinajstić information content (AvgIpc) is 2.58. The molecule has 1 unspecified atom stereocenters. The summed E-state index contributed by atoms with van der Waals surface area (Å²) in [5, 5.41) is 2.64. The third-order valence-electron chi connectivity index (χ3n) is 2.50. The number of amides is 1. The van der Waals surface area contributed by atoms with Crippen LogP contribution in [-0.4, -0.2) is 25.4 Å². The predicted molar refractivity (Wildman–Crippen MR) is 71.4 cm³/mol. The van der Waals surface area contributed by atoms with Gasteiger partial charge in [0, 0.05) is 12.1 Å². The van der Waals surface area contributed by atoms with Crippen molar-refractivity contribution in [3.05, 3.63) is 35.5 Å². The molecule has 1 atom stereocenters. The van der Waals surface area contributed by atoms with Gasteiger partial charge in [-0.05, 0) is 26.3 Å². The van der Waals surface area contributed by atoms with Gasteiger partial charge in [-0.1, -0.05) is 23.7 Å². The molecule has 0 aromatic carbocycles. The summed E-state index contributed by atoms with van der Waals surface area (Å²) in [4.78, 5) is 15.8. The van der Waals surface area contributed by atoms with Gasteiger partial charge in [-0.25, -0.2) is 9.79 Å². The number of nitrogens with zero attached hydrogens (tertiary/aromatic N) is 1. The molecule has 2 aliphatic rings. The SMILES string of the molecule is [B]C1=C2C(NC(=O)OC(C)(C)C)=NC=CC2C=C1. The number of aliphatic imine (C=N–C) groups is 1. The third-order valence-corrected chi connectivity index (χ3v) is 2.50. The van der Waals surface area contributed by atoms with E-state index in [1.54, 1.807) is 6.20 Å². The van der Waals surface area contributed by atoms with E-state index in [0.717, 1.165) is 5.57 Å². The molecule has 0 aromatic rings. The van der Waals surface area contributed by atoms with Crippen LogP contribution >= 0.6 is 0 Å². The first-order chi connectivity index (χ1) is 8.37. The van der Waals surface area contributed by atoms with Crippen molar-refractivity contribution in [3.8, 4) is 0 Å². The second-order valence-electron chi connectivity index (χ2n) is 5.20. The minimum atomic E-state index is -0.539. The van der Waals surface area contributed by atoms with Gasteiger partial charge in [0.05, 0.1) is 0 Å². The Morgan fingerprint density at radius 2 is 2.17 bits per heavy atom. The minimum absolute atomic E-state index is 0.0902. The minimum Gasteiger partial charge on any atom is -0.444 e. The maximum Gasteiger partial charge on any atom is 0.413 e. The van der Waals surface area contributed by atoms with E-state index in [1.807, 2.05) is 39.0 Å². The maximum atomic E-state index is 11.7. The molecule has 2 radical (unpaired) electrons. The Hall–Kier alpha value is -1.78. The molecule has 0 spiro atoms. The van der Waals surface area contributed by atoms with Crippen molar-refractivity contribution in [2.24, 2.45) is 10.9 Å². The summed E-state index contributed by atoms with van der Waals surface area (Å²) >= 11 is 0. The van der Waals surface area contributed by atoms with Crippen molar-refractivity contribution in [1.29, 1.82) is 0 Å². The van der Waals surface area contributed by atoms with Gasteiger partial charge >= 0.3 is 6.09 Å². The number of fused-ring (bicyclic) bond motifs is 1. The van der Waals surface area contributed by atoms with Gasteiger partial charge in [-0.15, -0.1) is 0 Å². The van der Waals surface area contributed by atoms with Crippen molar-refractivity contribution in [2.45, 2.75) is 26.4 Å². The number of alkyl carbamates (subject to hydrolysis) is 1. The van der Waals surface area contributed by atoms with E-state index in [1.165, 1.54) is 0 Å². The number of amidine groups is 1. The predicted octanol–water partition coefficient (Wildman–Crippen LogP) is 2.05. The van der Waals surface area contributed by atoms with Gasteiger partial charge in [0.2, 0.25) is 0 Å². The molecule has 0 saturated heterocycles. The van der Waals surface area contributed by atoms with Crippen LogP contribution in [0.3, 0.4) is 0 Å². The molecule has 0 bridgehead atoms. The molecule has 4 nitrogen and oxygen atoms in total. The topological polar surface area (TPSA) is 50.7 Å². The molecule has 18 heavy (non-hydrogen) atoms. The summed E-state index contributed by atoms with van der Waals surface area (Å²) in [6.45, 7) is 5.42. The molecule has 0 fully saturated rings. The molecule has 2 rings (SSSR count). The lowest BCUT2D eigenvalue weighted by molar-refractivity contribution is 0.0563. The largest absolute Gasteiger partial charge is 0.444 e. The van der Waals surface area contributed by atoms with Gasteiger partial charge in [0.1, 0.15) is 19.3 Å². The fourth-order valence-electron chi connectivity index (χ4n) is 1.82. The van der Waals surface area contributed by atoms with E-state index in [4.69, 9.17) is 12.6 Å². The number of hydrogen-bond donors (Lipinski definition) is 1. The molecular weight excluding hydrogens is 227 g/mol. The zero-order chi connectivity index (χ0) is 13.3. The summed E-state index contributed by atoms with van der Waals surface area (Å²) in [5.41, 5.74) is 0.907. The van der Waals surface area contributed by atoms with Crippen LogP contribution in [0.4, 0.5) is 4.79 Å². The van der Waals surface area contributed by atoms with Crippen molar-refractivity contribution in [3.63, 3.8) is 0 Å². The lowest BCUT2D eigenvalue weighted by Crippen LogP contribution is -2.38. The number of nitrogens with one attached hydrogen (secondary N) is 1. The standard InChI is InChI=1S/C13H15BN2O2/c1-13(2,3)18-12(17)16-11-10-8(6-7-15-11)4-5-9(10)14/h4-8H,1-3H3,(H,15,16,17). The lowest BCUT2D eigenvalue weighted by Gasteiger charge is -2.22. The highest BCUT2D eigenvalue weighted by molar-refractivity contribution is 6.28. The van der Waals surface area contributed by atoms with E-state index in [-0.39, 0.29) is 5.92 Å². The van der Waals surface area contributed by atoms with Crippen LogP contribution in [0.25, 0.3) is 0 Å². The number of hydrogen-bond acceptors (Lipinski definition) is 3. The Bertz CT molecular complexity index is 496. The van der Waals surface area contributed by atoms with E-state index in [9.17, 15) is 4.79 Å².